The molecule has 0 radical (unpaired) electrons. The summed E-state index contributed by atoms with van der Waals surface area (Å²) in [5.74, 6) is -0.315. The fourth-order valence-electron chi connectivity index (χ4n) is 4.52. The lowest BCUT2D eigenvalue weighted by Crippen LogP contribution is -2.23. The average molecular weight is 467 g/mol. The molecule has 8 heteroatoms. The van der Waals surface area contributed by atoms with Crippen LogP contribution in [0.1, 0.15) is 47.2 Å². The summed E-state index contributed by atoms with van der Waals surface area (Å²) in [7, 11) is 1.88. The molecule has 1 saturated heterocycles. The first-order valence-electron chi connectivity index (χ1n) is 10.9. The molecule has 0 spiro atoms. The van der Waals surface area contributed by atoms with Crippen LogP contribution in [-0.4, -0.2) is 25.8 Å². The molecule has 33 heavy (non-hydrogen) atoms. The number of nitrogens with zero attached hydrogens (tertiary/aromatic N) is 4. The molecule has 0 amide bonds. The molecule has 5 rings (SSSR count). The Morgan fingerprint density at radius 3 is 2.70 bits per heavy atom. The molecule has 1 aliphatic heterocycles. The summed E-state index contributed by atoms with van der Waals surface area (Å²) in [5.41, 5.74) is 4.41. The first kappa shape index (κ1) is 21.8. The van der Waals surface area contributed by atoms with E-state index in [-0.39, 0.29) is 17.6 Å². The number of halogens is 2. The van der Waals surface area contributed by atoms with Gasteiger partial charge in [0.1, 0.15) is 11.5 Å². The fourth-order valence-corrected chi connectivity index (χ4v) is 4.68. The van der Waals surface area contributed by atoms with Crippen molar-refractivity contribution in [1.29, 1.82) is 0 Å². The highest BCUT2D eigenvalue weighted by Crippen LogP contribution is 2.39. The summed E-state index contributed by atoms with van der Waals surface area (Å²) in [6.45, 7) is 4.15. The standard InChI is InChI=1S/C25H24ClFN4O2/c1-14-15(2)29-24-21(20-5-4-19(26)10-22(20)27)8-17(13-31(24)25(14)32)16-6-7-33-23(9-16)18-11-28-30(3)12-18/h4-5,8,10-13,16,23H,6-7,9H2,1-3H3/t16-,23+/m0/s1. The lowest BCUT2D eigenvalue weighted by atomic mass is 9.86. The van der Waals surface area contributed by atoms with Crippen LogP contribution in [0.3, 0.4) is 0 Å². The summed E-state index contributed by atoms with van der Waals surface area (Å²) in [4.78, 5) is 17.8. The van der Waals surface area contributed by atoms with Gasteiger partial charge >= 0.3 is 0 Å². The summed E-state index contributed by atoms with van der Waals surface area (Å²) < 4.78 is 24.3. The minimum absolute atomic E-state index is 0.0848. The number of aryl methyl sites for hydroxylation is 2. The number of ether oxygens (including phenoxy) is 1. The first-order valence-corrected chi connectivity index (χ1v) is 11.3. The van der Waals surface area contributed by atoms with Gasteiger partial charge in [-0.25, -0.2) is 9.37 Å². The van der Waals surface area contributed by atoms with Gasteiger partial charge in [-0.3, -0.25) is 13.9 Å². The monoisotopic (exact) mass is 466 g/mol. The third kappa shape index (κ3) is 3.96. The molecule has 1 aliphatic rings. The lowest BCUT2D eigenvalue weighted by Gasteiger charge is -2.30. The van der Waals surface area contributed by atoms with Crippen LogP contribution in [0.15, 0.2) is 47.7 Å². The predicted molar refractivity (Wildman–Crippen MR) is 125 cm³/mol. The van der Waals surface area contributed by atoms with Gasteiger partial charge in [-0.2, -0.15) is 5.10 Å². The maximum atomic E-state index is 15.0. The highest BCUT2D eigenvalue weighted by atomic mass is 35.5. The molecule has 2 atom stereocenters. The van der Waals surface area contributed by atoms with Crippen molar-refractivity contribution < 1.29 is 9.13 Å². The minimum atomic E-state index is -0.450. The van der Waals surface area contributed by atoms with Crippen molar-refractivity contribution in [2.45, 2.75) is 38.7 Å². The molecule has 0 unspecified atom stereocenters. The zero-order chi connectivity index (χ0) is 23.3. The summed E-state index contributed by atoms with van der Waals surface area (Å²) in [6.07, 6.45) is 7.10. The third-order valence-corrected chi connectivity index (χ3v) is 6.72. The highest BCUT2D eigenvalue weighted by molar-refractivity contribution is 6.30. The summed E-state index contributed by atoms with van der Waals surface area (Å²) >= 11 is 5.99. The normalized spacial score (nSPS) is 18.7. The Balaban J connectivity index is 1.67. The van der Waals surface area contributed by atoms with Crippen LogP contribution in [0.4, 0.5) is 4.39 Å². The zero-order valence-electron chi connectivity index (χ0n) is 18.7. The smallest absolute Gasteiger partial charge is 0.261 e. The van der Waals surface area contributed by atoms with E-state index in [1.165, 1.54) is 6.07 Å². The van der Waals surface area contributed by atoms with E-state index in [2.05, 4.69) is 10.1 Å². The quantitative estimate of drug-likeness (QED) is 0.419. The Kier molecular flexibility index (Phi) is 5.54. The van der Waals surface area contributed by atoms with Gasteiger partial charge in [0.15, 0.2) is 0 Å². The van der Waals surface area contributed by atoms with E-state index in [1.54, 1.807) is 35.1 Å². The van der Waals surface area contributed by atoms with Gasteiger partial charge in [0, 0.05) is 59.0 Å². The van der Waals surface area contributed by atoms with E-state index in [9.17, 15) is 9.18 Å². The van der Waals surface area contributed by atoms with Gasteiger partial charge < -0.3 is 4.74 Å². The van der Waals surface area contributed by atoms with Crippen molar-refractivity contribution in [3.8, 4) is 11.1 Å². The van der Waals surface area contributed by atoms with Crippen molar-refractivity contribution in [2.24, 2.45) is 7.05 Å². The Bertz CT molecular complexity index is 1430. The van der Waals surface area contributed by atoms with E-state index >= 15 is 0 Å². The molecule has 1 aromatic carbocycles. The summed E-state index contributed by atoms with van der Waals surface area (Å²) in [5, 5.41) is 4.58. The molecule has 1 fully saturated rings. The first-order chi connectivity index (χ1) is 15.8. The highest BCUT2D eigenvalue weighted by Gasteiger charge is 2.27. The Hall–Kier alpha value is -3.03. The number of fused-ring (bicyclic) bond motifs is 1. The molecule has 3 aromatic heterocycles. The SMILES string of the molecule is Cc1nc2c(-c3ccc(Cl)cc3F)cc([C@H]3CCO[C@@H](c4cnn(C)c4)C3)cn2c(=O)c1C. The van der Waals surface area contributed by atoms with E-state index in [0.717, 1.165) is 24.0 Å². The fraction of sp³-hybridized carbons (Fsp3) is 0.320. The van der Waals surface area contributed by atoms with Crippen molar-refractivity contribution in [2.75, 3.05) is 6.61 Å². The van der Waals surface area contributed by atoms with Crippen LogP contribution in [-0.2, 0) is 11.8 Å². The molecule has 0 aliphatic carbocycles. The Morgan fingerprint density at radius 1 is 1.15 bits per heavy atom. The average Bonchev–Trinajstić information content (AvgIpc) is 3.24. The van der Waals surface area contributed by atoms with Gasteiger partial charge in [0.25, 0.3) is 5.56 Å². The Labute approximate surface area is 195 Å². The second-order valence-electron chi connectivity index (χ2n) is 8.66. The Morgan fingerprint density at radius 2 is 1.97 bits per heavy atom. The lowest BCUT2D eigenvalue weighted by molar-refractivity contribution is 0.00518. The second-order valence-corrected chi connectivity index (χ2v) is 9.10. The number of hydrogen-bond donors (Lipinski definition) is 0. The van der Waals surface area contributed by atoms with Crippen molar-refractivity contribution in [3.05, 3.63) is 86.4 Å². The van der Waals surface area contributed by atoms with Gasteiger partial charge in [0.2, 0.25) is 0 Å². The number of aromatic nitrogens is 4. The van der Waals surface area contributed by atoms with Gasteiger partial charge in [-0.15, -0.1) is 0 Å². The minimum Gasteiger partial charge on any atom is -0.373 e. The van der Waals surface area contributed by atoms with Crippen LogP contribution >= 0.6 is 11.6 Å². The topological polar surface area (TPSA) is 61.4 Å². The zero-order valence-corrected chi connectivity index (χ0v) is 19.4. The van der Waals surface area contributed by atoms with Crippen molar-refractivity contribution >= 4 is 17.2 Å². The maximum Gasteiger partial charge on any atom is 0.261 e. The molecule has 4 aromatic rings. The summed E-state index contributed by atoms with van der Waals surface area (Å²) in [6, 6.07) is 6.53. The van der Waals surface area contributed by atoms with Crippen LogP contribution in [0.5, 0.6) is 0 Å². The molecular formula is C25H24ClFN4O2. The molecule has 170 valence electrons. The molecule has 0 saturated carbocycles. The van der Waals surface area contributed by atoms with Gasteiger partial charge in [-0.05, 0) is 62.4 Å². The van der Waals surface area contributed by atoms with E-state index < -0.39 is 5.82 Å². The predicted octanol–water partition coefficient (Wildman–Crippen LogP) is 5.14. The molecule has 4 heterocycles. The largest absolute Gasteiger partial charge is 0.373 e. The van der Waals surface area contributed by atoms with E-state index in [0.29, 0.717) is 39.7 Å². The van der Waals surface area contributed by atoms with Crippen LogP contribution in [0.25, 0.3) is 16.8 Å². The van der Waals surface area contributed by atoms with Gasteiger partial charge in [0.05, 0.1) is 12.3 Å². The van der Waals surface area contributed by atoms with Crippen LogP contribution in [0.2, 0.25) is 5.02 Å². The van der Waals surface area contributed by atoms with E-state index in [4.69, 9.17) is 16.3 Å². The van der Waals surface area contributed by atoms with Gasteiger partial charge in [-0.1, -0.05) is 11.6 Å². The van der Waals surface area contributed by atoms with Crippen LogP contribution < -0.4 is 5.56 Å². The molecule has 6 nitrogen and oxygen atoms in total. The molecule has 0 bridgehead atoms. The number of hydrogen-bond acceptors (Lipinski definition) is 4. The number of pyridine rings is 1. The number of benzene rings is 1. The van der Waals surface area contributed by atoms with Crippen molar-refractivity contribution in [3.63, 3.8) is 0 Å². The third-order valence-electron chi connectivity index (χ3n) is 6.49. The van der Waals surface area contributed by atoms with E-state index in [1.807, 2.05) is 31.7 Å². The second kappa shape index (κ2) is 8.39. The molecular weight excluding hydrogens is 443 g/mol. The molecule has 0 N–H and O–H groups in total. The van der Waals surface area contributed by atoms with Crippen molar-refractivity contribution in [1.82, 2.24) is 19.2 Å². The maximum absolute atomic E-state index is 15.0. The van der Waals surface area contributed by atoms with Crippen LogP contribution in [0, 0.1) is 19.7 Å². The number of rotatable bonds is 3.